The van der Waals surface area contributed by atoms with Crippen molar-refractivity contribution in [3.8, 4) is 5.75 Å². The molecule has 0 N–H and O–H groups in total. The maximum atomic E-state index is 12.2. The van der Waals surface area contributed by atoms with Crippen LogP contribution in [0.5, 0.6) is 5.75 Å². The highest BCUT2D eigenvalue weighted by Crippen LogP contribution is 2.15. The number of aryl methyl sites for hydroxylation is 1. The van der Waals surface area contributed by atoms with Gasteiger partial charge in [0.05, 0.1) is 7.11 Å². The number of rotatable bonds is 5. The number of ether oxygens (including phenoxy) is 2. The van der Waals surface area contributed by atoms with Crippen molar-refractivity contribution < 1.29 is 23.5 Å². The van der Waals surface area contributed by atoms with Crippen LogP contribution in [-0.4, -0.2) is 25.0 Å². The van der Waals surface area contributed by atoms with Crippen LogP contribution in [0.4, 0.5) is 0 Å². The van der Waals surface area contributed by atoms with E-state index in [1.54, 1.807) is 44.4 Å². The largest absolute Gasteiger partial charge is 0.497 e. The van der Waals surface area contributed by atoms with E-state index in [1.807, 2.05) is 0 Å². The third-order valence-corrected chi connectivity index (χ3v) is 2.97. The quantitative estimate of drug-likeness (QED) is 0.625. The Morgan fingerprint density at radius 1 is 1.10 bits per heavy atom. The predicted octanol–water partition coefficient (Wildman–Crippen LogP) is 3.02. The number of esters is 1. The molecule has 0 amide bonds. The lowest BCUT2D eigenvalue weighted by Crippen LogP contribution is -2.24. The molecule has 0 saturated heterocycles. The Kier molecular flexibility index (Phi) is 4.42. The Labute approximate surface area is 122 Å². The van der Waals surface area contributed by atoms with Gasteiger partial charge in [-0.15, -0.1) is 0 Å². The van der Waals surface area contributed by atoms with Crippen LogP contribution in [0.3, 0.4) is 0 Å². The Morgan fingerprint density at radius 3 is 2.29 bits per heavy atom. The van der Waals surface area contributed by atoms with Gasteiger partial charge in [0.2, 0.25) is 11.5 Å². The topological polar surface area (TPSA) is 65.7 Å². The molecular weight excluding hydrogens is 272 g/mol. The number of carbonyl (C=O) groups excluding carboxylic acids is 2. The van der Waals surface area contributed by atoms with E-state index in [0.717, 1.165) is 0 Å². The molecule has 110 valence electrons. The zero-order valence-electron chi connectivity index (χ0n) is 12.1. The highest BCUT2D eigenvalue weighted by molar-refractivity contribution is 6.01. The Bertz CT molecular complexity index is 639. The van der Waals surface area contributed by atoms with Gasteiger partial charge in [-0.25, -0.2) is 4.79 Å². The van der Waals surface area contributed by atoms with Gasteiger partial charge in [-0.2, -0.15) is 0 Å². The Morgan fingerprint density at radius 2 is 1.76 bits per heavy atom. The highest BCUT2D eigenvalue weighted by Gasteiger charge is 2.22. The monoisotopic (exact) mass is 288 g/mol. The first-order chi connectivity index (χ1) is 10.0. The predicted molar refractivity (Wildman–Crippen MR) is 75.6 cm³/mol. The zero-order valence-corrected chi connectivity index (χ0v) is 12.1. The first kappa shape index (κ1) is 14.8. The van der Waals surface area contributed by atoms with Gasteiger partial charge in [0, 0.05) is 5.56 Å². The molecule has 2 rings (SSSR count). The number of ketones is 1. The number of furan rings is 1. The summed E-state index contributed by atoms with van der Waals surface area (Å²) in [5.41, 5.74) is 0.451. The van der Waals surface area contributed by atoms with Crippen LogP contribution in [0.15, 0.2) is 40.8 Å². The Hall–Kier alpha value is -2.56. The van der Waals surface area contributed by atoms with E-state index in [0.29, 0.717) is 17.1 Å². The number of carbonyl (C=O) groups is 2. The number of benzene rings is 1. The molecule has 2 aromatic rings. The molecule has 0 bridgehead atoms. The molecule has 0 aliphatic heterocycles. The molecule has 21 heavy (non-hydrogen) atoms. The van der Waals surface area contributed by atoms with E-state index >= 15 is 0 Å². The molecule has 0 fully saturated rings. The maximum absolute atomic E-state index is 12.2. The zero-order chi connectivity index (χ0) is 15.4. The summed E-state index contributed by atoms with van der Waals surface area (Å²) in [6, 6.07) is 9.79. The minimum atomic E-state index is -0.892. The van der Waals surface area contributed by atoms with E-state index in [9.17, 15) is 9.59 Å². The summed E-state index contributed by atoms with van der Waals surface area (Å²) in [7, 11) is 1.55. The van der Waals surface area contributed by atoms with E-state index < -0.39 is 12.1 Å². The van der Waals surface area contributed by atoms with Crippen LogP contribution in [0.1, 0.15) is 33.6 Å². The molecule has 5 heteroatoms. The van der Waals surface area contributed by atoms with E-state index in [1.165, 1.54) is 13.0 Å². The molecule has 0 radical (unpaired) electrons. The molecule has 0 saturated carbocycles. The fourth-order valence-electron chi connectivity index (χ4n) is 1.81. The second-order valence-corrected chi connectivity index (χ2v) is 4.55. The summed E-state index contributed by atoms with van der Waals surface area (Å²) < 4.78 is 15.3. The van der Waals surface area contributed by atoms with Crippen molar-refractivity contribution in [2.75, 3.05) is 7.11 Å². The van der Waals surface area contributed by atoms with Crippen molar-refractivity contribution >= 4 is 11.8 Å². The van der Waals surface area contributed by atoms with Crippen LogP contribution in [0, 0.1) is 6.92 Å². The van der Waals surface area contributed by atoms with Crippen LogP contribution < -0.4 is 4.74 Å². The highest BCUT2D eigenvalue weighted by atomic mass is 16.6. The van der Waals surface area contributed by atoms with Crippen molar-refractivity contribution in [1.29, 1.82) is 0 Å². The fourth-order valence-corrected chi connectivity index (χ4v) is 1.81. The number of hydrogen-bond donors (Lipinski definition) is 0. The summed E-state index contributed by atoms with van der Waals surface area (Å²) in [5.74, 6) is 0.409. The second kappa shape index (κ2) is 6.26. The normalized spacial score (nSPS) is 11.8. The van der Waals surface area contributed by atoms with E-state index in [4.69, 9.17) is 13.9 Å². The van der Waals surface area contributed by atoms with Gasteiger partial charge >= 0.3 is 5.97 Å². The van der Waals surface area contributed by atoms with Gasteiger partial charge in [0.1, 0.15) is 11.5 Å². The average molecular weight is 288 g/mol. The summed E-state index contributed by atoms with van der Waals surface area (Å²) in [4.78, 5) is 24.0. The molecule has 0 spiro atoms. The lowest BCUT2D eigenvalue weighted by atomic mass is 10.1. The van der Waals surface area contributed by atoms with Gasteiger partial charge in [0.25, 0.3) is 0 Å². The summed E-state index contributed by atoms with van der Waals surface area (Å²) in [6.07, 6.45) is -0.892. The van der Waals surface area contributed by atoms with Crippen molar-refractivity contribution in [2.24, 2.45) is 0 Å². The molecule has 1 aromatic carbocycles. The Balaban J connectivity index is 2.03. The van der Waals surface area contributed by atoms with E-state index in [2.05, 4.69) is 0 Å². The van der Waals surface area contributed by atoms with Gasteiger partial charge in [-0.05, 0) is 50.2 Å². The number of Topliss-reactive ketones (excluding diaryl/α,β-unsaturated/α-hetero) is 1. The first-order valence-electron chi connectivity index (χ1n) is 6.47. The maximum Gasteiger partial charge on any atom is 0.374 e. The molecule has 1 atom stereocenters. The SMILES string of the molecule is COc1ccc(C(=O)[C@@H](C)OC(=O)c2ccc(C)o2)cc1. The molecule has 0 aliphatic carbocycles. The van der Waals surface area contributed by atoms with Gasteiger partial charge < -0.3 is 13.9 Å². The molecular formula is C16H16O5. The van der Waals surface area contributed by atoms with Crippen LogP contribution in [-0.2, 0) is 4.74 Å². The van der Waals surface area contributed by atoms with Gasteiger partial charge in [-0.3, -0.25) is 4.79 Å². The van der Waals surface area contributed by atoms with Crippen LogP contribution in [0.2, 0.25) is 0 Å². The number of hydrogen-bond acceptors (Lipinski definition) is 5. The number of methoxy groups -OCH3 is 1. The summed E-state index contributed by atoms with van der Waals surface area (Å²) in [6.45, 7) is 3.25. The van der Waals surface area contributed by atoms with Gasteiger partial charge in [0.15, 0.2) is 6.10 Å². The lowest BCUT2D eigenvalue weighted by molar-refractivity contribution is 0.0288. The van der Waals surface area contributed by atoms with Crippen molar-refractivity contribution in [2.45, 2.75) is 20.0 Å². The van der Waals surface area contributed by atoms with Crippen molar-refractivity contribution in [3.63, 3.8) is 0 Å². The summed E-state index contributed by atoms with van der Waals surface area (Å²) >= 11 is 0. The second-order valence-electron chi connectivity index (χ2n) is 4.55. The fraction of sp³-hybridized carbons (Fsp3) is 0.250. The minimum absolute atomic E-state index is 0.0851. The smallest absolute Gasteiger partial charge is 0.374 e. The van der Waals surface area contributed by atoms with Crippen molar-refractivity contribution in [1.82, 2.24) is 0 Å². The molecule has 0 unspecified atom stereocenters. The third-order valence-electron chi connectivity index (χ3n) is 2.97. The van der Waals surface area contributed by atoms with E-state index in [-0.39, 0.29) is 11.5 Å². The lowest BCUT2D eigenvalue weighted by Gasteiger charge is -2.11. The molecule has 1 heterocycles. The van der Waals surface area contributed by atoms with Crippen LogP contribution in [0.25, 0.3) is 0 Å². The average Bonchev–Trinajstić information content (AvgIpc) is 2.93. The molecule has 1 aromatic heterocycles. The third kappa shape index (κ3) is 3.51. The van der Waals surface area contributed by atoms with Gasteiger partial charge in [-0.1, -0.05) is 0 Å². The first-order valence-corrected chi connectivity index (χ1v) is 6.47. The van der Waals surface area contributed by atoms with Crippen molar-refractivity contribution in [3.05, 3.63) is 53.5 Å². The van der Waals surface area contributed by atoms with Crippen LogP contribution >= 0.6 is 0 Å². The minimum Gasteiger partial charge on any atom is -0.497 e. The molecule has 0 aliphatic rings. The standard InChI is InChI=1S/C16H16O5/c1-10-4-9-14(20-10)16(18)21-11(2)15(17)12-5-7-13(19-3)8-6-12/h4-9,11H,1-3H3/t11-/m1/s1. The summed E-state index contributed by atoms with van der Waals surface area (Å²) in [5, 5.41) is 0. The molecule has 5 nitrogen and oxygen atoms in total.